The molecule has 0 aromatic rings. The summed E-state index contributed by atoms with van der Waals surface area (Å²) in [5, 5.41) is 11.3. The lowest BCUT2D eigenvalue weighted by molar-refractivity contribution is -0.148. The molecule has 1 N–H and O–H groups in total. The topological polar surface area (TPSA) is 23.5 Å². The second-order valence-electron chi connectivity index (χ2n) is 7.49. The van der Waals surface area contributed by atoms with Crippen LogP contribution < -0.4 is 0 Å². The third-order valence-corrected chi connectivity index (χ3v) is 5.97. The smallest absolute Gasteiger partial charge is 0.0754 e. The van der Waals surface area contributed by atoms with E-state index in [0.717, 1.165) is 25.3 Å². The predicted molar refractivity (Wildman–Crippen MR) is 72.0 cm³/mol. The van der Waals surface area contributed by atoms with Crippen molar-refractivity contribution in [3.63, 3.8) is 0 Å². The zero-order chi connectivity index (χ0) is 12.9. The number of hydrogen-bond donors (Lipinski definition) is 1. The Kier molecular flexibility index (Phi) is 3.11. The Balaban J connectivity index is 2.11. The lowest BCUT2D eigenvalue weighted by atomic mass is 9.59. The van der Waals surface area contributed by atoms with Crippen molar-refractivity contribution in [2.75, 3.05) is 20.6 Å². The van der Waals surface area contributed by atoms with Crippen LogP contribution in [0.2, 0.25) is 0 Å². The molecular weight excluding hydrogens is 210 g/mol. The van der Waals surface area contributed by atoms with Crippen molar-refractivity contribution >= 4 is 0 Å². The van der Waals surface area contributed by atoms with Gasteiger partial charge in [0.2, 0.25) is 0 Å². The molecule has 0 spiro atoms. The van der Waals surface area contributed by atoms with Gasteiger partial charge in [-0.05, 0) is 69.5 Å². The van der Waals surface area contributed by atoms with Crippen LogP contribution in [0.15, 0.2) is 0 Å². The van der Waals surface area contributed by atoms with Crippen LogP contribution in [0.25, 0.3) is 0 Å². The Bertz CT molecular complexity index is 293. The van der Waals surface area contributed by atoms with Gasteiger partial charge >= 0.3 is 0 Å². The highest BCUT2D eigenvalue weighted by molar-refractivity contribution is 5.17. The zero-order valence-corrected chi connectivity index (χ0v) is 12.2. The van der Waals surface area contributed by atoms with Crippen LogP contribution in [0.5, 0.6) is 0 Å². The van der Waals surface area contributed by atoms with E-state index < -0.39 is 5.60 Å². The van der Waals surface area contributed by atoms with Gasteiger partial charge in [-0.1, -0.05) is 20.8 Å². The highest BCUT2D eigenvalue weighted by Gasteiger charge is 2.67. The van der Waals surface area contributed by atoms with Crippen LogP contribution in [-0.4, -0.2) is 36.2 Å². The Labute approximate surface area is 106 Å². The van der Waals surface area contributed by atoms with Gasteiger partial charge in [0, 0.05) is 0 Å². The highest BCUT2D eigenvalue weighted by Crippen LogP contribution is 2.69. The van der Waals surface area contributed by atoms with Crippen LogP contribution in [-0.2, 0) is 0 Å². The van der Waals surface area contributed by atoms with Gasteiger partial charge in [-0.3, -0.25) is 0 Å². The van der Waals surface area contributed by atoms with Crippen LogP contribution in [0, 0.1) is 16.7 Å². The molecule has 0 aromatic heterocycles. The van der Waals surface area contributed by atoms with E-state index in [9.17, 15) is 5.11 Å². The molecule has 0 aromatic carbocycles. The first-order chi connectivity index (χ1) is 7.73. The lowest BCUT2D eigenvalue weighted by Crippen LogP contribution is -2.54. The van der Waals surface area contributed by atoms with Crippen LogP contribution >= 0.6 is 0 Å². The summed E-state index contributed by atoms with van der Waals surface area (Å²) in [6.45, 7) is 7.98. The first-order valence-corrected chi connectivity index (χ1v) is 7.10. The quantitative estimate of drug-likeness (QED) is 0.815. The molecule has 0 aliphatic heterocycles. The van der Waals surface area contributed by atoms with Gasteiger partial charge in [-0.2, -0.15) is 0 Å². The summed E-state index contributed by atoms with van der Waals surface area (Å²) >= 11 is 0. The van der Waals surface area contributed by atoms with Crippen molar-refractivity contribution in [2.45, 2.75) is 58.5 Å². The Morgan fingerprint density at radius 3 is 2.35 bits per heavy atom. The van der Waals surface area contributed by atoms with Gasteiger partial charge < -0.3 is 10.0 Å². The third-order valence-electron chi connectivity index (χ3n) is 5.97. The summed E-state index contributed by atoms with van der Waals surface area (Å²) in [5.74, 6) is 0.733. The monoisotopic (exact) mass is 239 g/mol. The molecule has 0 unspecified atom stereocenters. The first kappa shape index (κ1) is 13.4. The Morgan fingerprint density at radius 2 is 1.88 bits per heavy atom. The molecular formula is C15H29NO. The molecule has 0 heterocycles. The van der Waals surface area contributed by atoms with Gasteiger partial charge in [0.05, 0.1) is 5.60 Å². The average molecular weight is 239 g/mol. The zero-order valence-electron chi connectivity index (χ0n) is 12.2. The molecule has 2 heteroatoms. The summed E-state index contributed by atoms with van der Waals surface area (Å²) in [6, 6.07) is 0. The second kappa shape index (κ2) is 3.96. The molecule has 0 saturated heterocycles. The van der Waals surface area contributed by atoms with Crippen molar-refractivity contribution in [2.24, 2.45) is 16.7 Å². The van der Waals surface area contributed by atoms with Crippen molar-refractivity contribution in [1.82, 2.24) is 4.90 Å². The summed E-state index contributed by atoms with van der Waals surface area (Å²) in [7, 11) is 4.22. The number of hydrogen-bond acceptors (Lipinski definition) is 2. The lowest BCUT2D eigenvalue weighted by Gasteiger charge is -2.51. The van der Waals surface area contributed by atoms with Crippen molar-refractivity contribution in [3.8, 4) is 0 Å². The molecule has 100 valence electrons. The van der Waals surface area contributed by atoms with E-state index in [1.54, 1.807) is 0 Å². The van der Waals surface area contributed by atoms with Gasteiger partial charge in [-0.15, -0.1) is 0 Å². The normalized spacial score (nSPS) is 43.6. The number of nitrogens with zero attached hydrogens (tertiary/aromatic N) is 1. The van der Waals surface area contributed by atoms with E-state index in [-0.39, 0.29) is 10.8 Å². The molecule has 2 aliphatic rings. The van der Waals surface area contributed by atoms with E-state index >= 15 is 0 Å². The molecule has 3 atom stereocenters. The number of rotatable bonds is 4. The SMILES string of the molecule is CN(C)CCC[C@]1(O)C(C)(C)[C@H]2CC[C@]1(C)C2. The van der Waals surface area contributed by atoms with Crippen molar-refractivity contribution < 1.29 is 5.11 Å². The largest absolute Gasteiger partial charge is 0.389 e. The minimum absolute atomic E-state index is 0.103. The maximum atomic E-state index is 11.3. The van der Waals surface area contributed by atoms with Gasteiger partial charge in [-0.25, -0.2) is 0 Å². The van der Waals surface area contributed by atoms with Crippen LogP contribution in [0.3, 0.4) is 0 Å². The first-order valence-electron chi connectivity index (χ1n) is 7.10. The van der Waals surface area contributed by atoms with Gasteiger partial charge in [0.1, 0.15) is 0 Å². The fraction of sp³-hybridized carbons (Fsp3) is 1.00. The minimum atomic E-state index is -0.446. The van der Waals surface area contributed by atoms with E-state index in [2.05, 4.69) is 39.8 Å². The molecule has 2 aliphatic carbocycles. The fourth-order valence-electron chi connectivity index (χ4n) is 4.62. The van der Waals surface area contributed by atoms with E-state index in [4.69, 9.17) is 0 Å². The third kappa shape index (κ3) is 1.76. The Hall–Kier alpha value is -0.0800. The second-order valence-corrected chi connectivity index (χ2v) is 7.49. The molecule has 17 heavy (non-hydrogen) atoms. The van der Waals surface area contributed by atoms with Crippen LogP contribution in [0.4, 0.5) is 0 Å². The highest BCUT2D eigenvalue weighted by atomic mass is 16.3. The number of aliphatic hydroxyl groups is 1. The van der Waals surface area contributed by atoms with Crippen molar-refractivity contribution in [3.05, 3.63) is 0 Å². The molecule has 2 bridgehead atoms. The maximum absolute atomic E-state index is 11.3. The molecule has 0 amide bonds. The molecule has 2 saturated carbocycles. The fourth-order valence-corrected chi connectivity index (χ4v) is 4.62. The summed E-state index contributed by atoms with van der Waals surface area (Å²) in [6.07, 6.45) is 5.85. The van der Waals surface area contributed by atoms with E-state index in [1.807, 2.05) is 0 Å². The minimum Gasteiger partial charge on any atom is -0.389 e. The number of fused-ring (bicyclic) bond motifs is 2. The maximum Gasteiger partial charge on any atom is 0.0754 e. The molecule has 2 rings (SSSR count). The van der Waals surface area contributed by atoms with E-state index in [1.165, 1.54) is 19.3 Å². The summed E-state index contributed by atoms with van der Waals surface area (Å²) in [5.41, 5.74) is -0.168. The summed E-state index contributed by atoms with van der Waals surface area (Å²) in [4.78, 5) is 2.21. The van der Waals surface area contributed by atoms with Gasteiger partial charge in [0.25, 0.3) is 0 Å². The van der Waals surface area contributed by atoms with Gasteiger partial charge in [0.15, 0.2) is 0 Å². The average Bonchev–Trinajstić information content (AvgIpc) is 2.65. The standard InChI is InChI=1S/C15H29NO/c1-13(2)12-7-9-14(3,11-12)15(13,17)8-6-10-16(4)5/h12,17H,6-11H2,1-5H3/t12-,14+,15-/m0/s1. The molecule has 2 nitrogen and oxygen atoms in total. The summed E-state index contributed by atoms with van der Waals surface area (Å²) < 4.78 is 0. The van der Waals surface area contributed by atoms with Crippen molar-refractivity contribution in [1.29, 1.82) is 0 Å². The molecule has 0 radical (unpaired) electrons. The van der Waals surface area contributed by atoms with E-state index in [0.29, 0.717) is 0 Å². The molecule has 2 fully saturated rings. The Morgan fingerprint density at radius 1 is 1.24 bits per heavy atom. The van der Waals surface area contributed by atoms with Crippen LogP contribution in [0.1, 0.15) is 52.9 Å². The predicted octanol–water partition coefficient (Wildman–Crippen LogP) is 2.91.